The second kappa shape index (κ2) is 8.39. The number of ether oxygens (including phenoxy) is 1. The van der Waals surface area contributed by atoms with Gasteiger partial charge in [0.25, 0.3) is 11.6 Å². The number of hydrogen-bond donors (Lipinski definition) is 0. The molecule has 0 unspecified atom stereocenters. The number of likely N-dealkylation sites (tertiary alicyclic amines) is 1. The van der Waals surface area contributed by atoms with Crippen LogP contribution in [0.2, 0.25) is 0 Å². The predicted octanol–water partition coefficient (Wildman–Crippen LogP) is 2.09. The van der Waals surface area contributed by atoms with E-state index in [2.05, 4.69) is 10.2 Å². The van der Waals surface area contributed by atoms with Gasteiger partial charge >= 0.3 is 5.97 Å². The molecule has 10 heteroatoms. The van der Waals surface area contributed by atoms with E-state index in [9.17, 15) is 19.7 Å². The van der Waals surface area contributed by atoms with Gasteiger partial charge in [-0.1, -0.05) is 6.42 Å². The molecule has 1 saturated heterocycles. The highest BCUT2D eigenvalue weighted by Gasteiger charge is 2.20. The molecule has 27 heavy (non-hydrogen) atoms. The van der Waals surface area contributed by atoms with Crippen molar-refractivity contribution >= 4 is 17.6 Å². The zero-order valence-corrected chi connectivity index (χ0v) is 14.5. The third-order valence-corrected chi connectivity index (χ3v) is 4.14. The molecule has 0 spiro atoms. The van der Waals surface area contributed by atoms with Crippen LogP contribution in [0.5, 0.6) is 0 Å². The van der Waals surface area contributed by atoms with Gasteiger partial charge in [-0.2, -0.15) is 0 Å². The van der Waals surface area contributed by atoms with E-state index in [4.69, 9.17) is 9.15 Å². The number of nitrogens with zero attached hydrogens (tertiary/aromatic N) is 4. The van der Waals surface area contributed by atoms with Crippen molar-refractivity contribution in [3.63, 3.8) is 0 Å². The summed E-state index contributed by atoms with van der Waals surface area (Å²) in [7, 11) is 0. The van der Waals surface area contributed by atoms with Crippen LogP contribution in [0, 0.1) is 10.1 Å². The van der Waals surface area contributed by atoms with Gasteiger partial charge in [0.15, 0.2) is 6.61 Å². The minimum atomic E-state index is -0.541. The number of aromatic nitrogens is 2. The molecule has 142 valence electrons. The van der Waals surface area contributed by atoms with Crippen LogP contribution in [-0.4, -0.2) is 45.0 Å². The molecule has 1 aromatic heterocycles. The third kappa shape index (κ3) is 4.87. The van der Waals surface area contributed by atoms with E-state index in [1.807, 2.05) is 0 Å². The van der Waals surface area contributed by atoms with E-state index in [1.165, 1.54) is 29.2 Å². The normalized spacial score (nSPS) is 14.7. The monoisotopic (exact) mass is 374 g/mol. The highest BCUT2D eigenvalue weighted by molar-refractivity contribution is 5.82. The van der Waals surface area contributed by atoms with Crippen molar-refractivity contribution < 1.29 is 23.7 Å². The van der Waals surface area contributed by atoms with Crippen LogP contribution in [0.4, 0.5) is 5.69 Å². The molecule has 1 amide bonds. The zero-order chi connectivity index (χ0) is 19.2. The Balaban J connectivity index is 1.53. The van der Waals surface area contributed by atoms with E-state index in [0.717, 1.165) is 19.3 Å². The lowest BCUT2D eigenvalue weighted by atomic mass is 10.2. The first-order chi connectivity index (χ1) is 13.0. The van der Waals surface area contributed by atoms with Gasteiger partial charge in [0.2, 0.25) is 11.8 Å². The number of non-ortho nitro benzene ring substituents is 1. The lowest BCUT2D eigenvalue weighted by Crippen LogP contribution is -2.35. The van der Waals surface area contributed by atoms with Crippen LogP contribution in [0.25, 0.3) is 11.5 Å². The van der Waals surface area contributed by atoms with Gasteiger partial charge < -0.3 is 14.1 Å². The maximum atomic E-state index is 12.0. The van der Waals surface area contributed by atoms with Gasteiger partial charge in [0.1, 0.15) is 6.54 Å². The van der Waals surface area contributed by atoms with Crippen LogP contribution < -0.4 is 0 Å². The Morgan fingerprint density at radius 3 is 2.74 bits per heavy atom. The molecule has 0 aliphatic carbocycles. The number of carbonyl (C=O) groups is 2. The van der Waals surface area contributed by atoms with Gasteiger partial charge in [-0.15, -0.1) is 10.2 Å². The molecule has 0 atom stereocenters. The molecule has 3 rings (SSSR count). The second-order valence-electron chi connectivity index (χ2n) is 6.09. The molecule has 0 saturated carbocycles. The lowest BCUT2D eigenvalue weighted by Gasteiger charge is -2.18. The standard InChI is InChI=1S/C17H18N4O6/c22-15-4-2-1-3-9-20(15)10-16(23)26-11-14-18-19-17(27-14)12-5-7-13(8-6-12)21(24)25/h5-8H,1-4,9-11H2. The van der Waals surface area contributed by atoms with Gasteiger partial charge in [0.05, 0.1) is 4.92 Å². The first-order valence-corrected chi connectivity index (χ1v) is 8.53. The summed E-state index contributed by atoms with van der Waals surface area (Å²) >= 11 is 0. The van der Waals surface area contributed by atoms with Crippen molar-refractivity contribution in [3.8, 4) is 11.5 Å². The zero-order valence-electron chi connectivity index (χ0n) is 14.5. The van der Waals surface area contributed by atoms with E-state index in [-0.39, 0.29) is 36.5 Å². The molecule has 2 heterocycles. The van der Waals surface area contributed by atoms with Gasteiger partial charge in [0, 0.05) is 30.7 Å². The quantitative estimate of drug-likeness (QED) is 0.427. The Hall–Kier alpha value is -3.30. The fraction of sp³-hybridized carbons (Fsp3) is 0.412. The van der Waals surface area contributed by atoms with Crippen LogP contribution >= 0.6 is 0 Å². The number of rotatable bonds is 6. The summed E-state index contributed by atoms with van der Waals surface area (Å²) in [6, 6.07) is 5.65. The van der Waals surface area contributed by atoms with Crippen molar-refractivity contribution in [2.24, 2.45) is 0 Å². The second-order valence-corrected chi connectivity index (χ2v) is 6.09. The van der Waals surface area contributed by atoms with Crippen molar-refractivity contribution in [2.75, 3.05) is 13.1 Å². The molecular weight excluding hydrogens is 356 g/mol. The average Bonchev–Trinajstić information content (AvgIpc) is 3.05. The van der Waals surface area contributed by atoms with Crippen molar-refractivity contribution in [3.05, 3.63) is 40.3 Å². The summed E-state index contributed by atoms with van der Waals surface area (Å²) in [6.07, 6.45) is 3.15. The van der Waals surface area contributed by atoms with Crippen LogP contribution in [-0.2, 0) is 20.9 Å². The van der Waals surface area contributed by atoms with Crippen LogP contribution in [0.15, 0.2) is 28.7 Å². The summed E-state index contributed by atoms with van der Waals surface area (Å²) in [6.45, 7) is 0.252. The van der Waals surface area contributed by atoms with E-state index in [0.29, 0.717) is 18.5 Å². The topological polar surface area (TPSA) is 129 Å². The number of esters is 1. The van der Waals surface area contributed by atoms with Crippen LogP contribution in [0.1, 0.15) is 31.6 Å². The minimum absolute atomic E-state index is 0.0392. The highest BCUT2D eigenvalue weighted by atomic mass is 16.6. The first kappa shape index (κ1) is 18.5. The largest absolute Gasteiger partial charge is 0.454 e. The highest BCUT2D eigenvalue weighted by Crippen LogP contribution is 2.21. The van der Waals surface area contributed by atoms with Gasteiger partial charge in [-0.3, -0.25) is 19.7 Å². The molecule has 0 radical (unpaired) electrons. The Bertz CT molecular complexity index is 832. The SMILES string of the molecule is O=C(CN1CCCCCC1=O)OCc1nnc(-c2ccc([N+](=O)[O-])cc2)o1. The van der Waals surface area contributed by atoms with Gasteiger partial charge in [-0.05, 0) is 25.0 Å². The number of hydrogen-bond acceptors (Lipinski definition) is 8. The maximum Gasteiger partial charge on any atom is 0.326 e. The molecule has 0 N–H and O–H groups in total. The Morgan fingerprint density at radius 2 is 2.00 bits per heavy atom. The van der Waals surface area contributed by atoms with Crippen molar-refractivity contribution in [1.82, 2.24) is 15.1 Å². The molecule has 0 bridgehead atoms. The molecule has 1 aliphatic heterocycles. The number of amides is 1. The predicted molar refractivity (Wildman–Crippen MR) is 91.2 cm³/mol. The summed E-state index contributed by atoms with van der Waals surface area (Å²) < 4.78 is 10.5. The third-order valence-electron chi connectivity index (χ3n) is 4.14. The number of benzene rings is 1. The minimum Gasteiger partial charge on any atom is -0.454 e. The average molecular weight is 374 g/mol. The number of nitro groups is 1. The van der Waals surface area contributed by atoms with E-state index < -0.39 is 10.9 Å². The van der Waals surface area contributed by atoms with Gasteiger partial charge in [-0.25, -0.2) is 0 Å². The summed E-state index contributed by atoms with van der Waals surface area (Å²) in [5.74, 6) is -0.319. The fourth-order valence-electron chi connectivity index (χ4n) is 2.70. The summed E-state index contributed by atoms with van der Waals surface area (Å²) in [4.78, 5) is 35.5. The van der Waals surface area contributed by atoms with E-state index in [1.54, 1.807) is 0 Å². The van der Waals surface area contributed by atoms with Crippen molar-refractivity contribution in [1.29, 1.82) is 0 Å². The van der Waals surface area contributed by atoms with Crippen molar-refractivity contribution in [2.45, 2.75) is 32.3 Å². The summed E-state index contributed by atoms with van der Waals surface area (Å²) in [5, 5.41) is 18.3. The van der Waals surface area contributed by atoms with E-state index >= 15 is 0 Å². The first-order valence-electron chi connectivity index (χ1n) is 8.53. The molecule has 1 aromatic carbocycles. The summed E-state index contributed by atoms with van der Waals surface area (Å²) in [5.41, 5.74) is 0.469. The fourth-order valence-corrected chi connectivity index (χ4v) is 2.70. The molecule has 2 aromatic rings. The maximum absolute atomic E-state index is 12.0. The molecule has 1 aliphatic rings. The Labute approximate surface area is 154 Å². The molecule has 10 nitrogen and oxygen atoms in total. The Morgan fingerprint density at radius 1 is 1.22 bits per heavy atom. The van der Waals surface area contributed by atoms with Crippen LogP contribution in [0.3, 0.4) is 0 Å². The lowest BCUT2D eigenvalue weighted by molar-refractivity contribution is -0.384. The molecule has 1 fully saturated rings. The number of carbonyl (C=O) groups excluding carboxylic acids is 2. The Kier molecular flexibility index (Phi) is 5.74. The number of nitro benzene ring substituents is 1. The smallest absolute Gasteiger partial charge is 0.326 e. The molecular formula is C17H18N4O6.